The topological polar surface area (TPSA) is 115 Å². The lowest BCUT2D eigenvalue weighted by atomic mass is 9.96. The molecule has 0 bridgehead atoms. The molecule has 1 amide bonds. The van der Waals surface area contributed by atoms with Crippen LogP contribution in [0.5, 0.6) is 5.75 Å². The van der Waals surface area contributed by atoms with E-state index in [1.807, 2.05) is 30.5 Å². The number of aromatic nitrogens is 3. The third-order valence-corrected chi connectivity index (χ3v) is 5.18. The summed E-state index contributed by atoms with van der Waals surface area (Å²) in [4.78, 5) is 20.6. The van der Waals surface area contributed by atoms with Gasteiger partial charge in [-0.3, -0.25) is 9.20 Å². The number of aromatic hydroxyl groups is 1. The number of primary amides is 1. The number of carbonyl (C=O) groups is 1. The summed E-state index contributed by atoms with van der Waals surface area (Å²) < 4.78 is 7.50. The summed E-state index contributed by atoms with van der Waals surface area (Å²) in [6, 6.07) is 3.41. The van der Waals surface area contributed by atoms with Crippen LogP contribution in [0.2, 0.25) is 0 Å². The second-order valence-corrected chi connectivity index (χ2v) is 7.32. The summed E-state index contributed by atoms with van der Waals surface area (Å²) in [5.74, 6) is 0.233. The number of nitrogens with one attached hydrogen (secondary N) is 1. The molecule has 0 aliphatic heterocycles. The smallest absolute Gasteiger partial charge is 0.252 e. The molecular weight excluding hydrogens is 370 g/mol. The van der Waals surface area contributed by atoms with Crippen molar-refractivity contribution >= 4 is 17.4 Å². The van der Waals surface area contributed by atoms with Gasteiger partial charge < -0.3 is 20.9 Å². The van der Waals surface area contributed by atoms with Gasteiger partial charge in [-0.25, -0.2) is 9.97 Å². The van der Waals surface area contributed by atoms with Gasteiger partial charge in [0.15, 0.2) is 11.5 Å². The third kappa shape index (κ3) is 3.63. The largest absolute Gasteiger partial charge is 0.507 e. The Morgan fingerprint density at radius 1 is 1.41 bits per heavy atom. The van der Waals surface area contributed by atoms with Crippen molar-refractivity contribution in [1.29, 1.82) is 0 Å². The number of hydrogen-bond acceptors (Lipinski definition) is 6. The second-order valence-electron chi connectivity index (χ2n) is 7.32. The van der Waals surface area contributed by atoms with Crippen LogP contribution in [-0.2, 0) is 4.74 Å². The van der Waals surface area contributed by atoms with E-state index in [9.17, 15) is 9.90 Å². The maximum Gasteiger partial charge on any atom is 0.252 e. The Labute approximate surface area is 168 Å². The Balaban J connectivity index is 1.75. The van der Waals surface area contributed by atoms with E-state index in [1.54, 1.807) is 18.5 Å². The summed E-state index contributed by atoms with van der Waals surface area (Å²) >= 11 is 0. The molecule has 4 N–H and O–H groups in total. The highest BCUT2D eigenvalue weighted by Crippen LogP contribution is 2.49. The summed E-state index contributed by atoms with van der Waals surface area (Å²) in [7, 11) is 0. The predicted octanol–water partition coefficient (Wildman–Crippen LogP) is 2.92. The number of ether oxygens (including phenoxy) is 1. The quantitative estimate of drug-likeness (QED) is 0.540. The zero-order chi connectivity index (χ0) is 20.5. The molecule has 1 aromatic carbocycles. The van der Waals surface area contributed by atoms with Gasteiger partial charge in [0.1, 0.15) is 5.75 Å². The molecule has 1 aliphatic rings. The SMILES string of the molecule is CCOC(C)CNc1nccn2c(-c3ccc(C(N)=O)c(O)c3C3CC3)cnc12. The van der Waals surface area contributed by atoms with Gasteiger partial charge in [0.2, 0.25) is 0 Å². The van der Waals surface area contributed by atoms with Crippen LogP contribution < -0.4 is 11.1 Å². The molecule has 2 heterocycles. The van der Waals surface area contributed by atoms with E-state index in [0.717, 1.165) is 29.7 Å². The molecule has 1 unspecified atom stereocenters. The van der Waals surface area contributed by atoms with Crippen molar-refractivity contribution in [1.82, 2.24) is 14.4 Å². The molecule has 8 nitrogen and oxygen atoms in total. The van der Waals surface area contributed by atoms with Gasteiger partial charge in [0.25, 0.3) is 5.91 Å². The first-order valence-electron chi connectivity index (χ1n) is 9.84. The molecule has 0 saturated heterocycles. The van der Waals surface area contributed by atoms with E-state index >= 15 is 0 Å². The van der Waals surface area contributed by atoms with E-state index < -0.39 is 5.91 Å². The molecule has 1 fully saturated rings. The average Bonchev–Trinajstić information content (AvgIpc) is 3.44. The van der Waals surface area contributed by atoms with Gasteiger partial charge in [-0.1, -0.05) is 6.07 Å². The Morgan fingerprint density at radius 2 is 2.21 bits per heavy atom. The van der Waals surface area contributed by atoms with Crippen LogP contribution in [0.15, 0.2) is 30.7 Å². The van der Waals surface area contributed by atoms with Crippen molar-refractivity contribution in [3.05, 3.63) is 41.9 Å². The number of amides is 1. The minimum Gasteiger partial charge on any atom is -0.507 e. The highest BCUT2D eigenvalue weighted by Gasteiger charge is 2.32. The number of nitrogens with zero attached hydrogens (tertiary/aromatic N) is 3. The summed E-state index contributed by atoms with van der Waals surface area (Å²) in [5.41, 5.74) is 8.70. The molecule has 29 heavy (non-hydrogen) atoms. The molecule has 0 radical (unpaired) electrons. The molecule has 0 spiro atoms. The first kappa shape index (κ1) is 19.2. The molecule has 152 valence electrons. The van der Waals surface area contributed by atoms with Gasteiger partial charge in [0, 0.05) is 36.7 Å². The highest BCUT2D eigenvalue weighted by molar-refractivity contribution is 5.97. The monoisotopic (exact) mass is 395 g/mol. The van der Waals surface area contributed by atoms with Crippen molar-refractivity contribution in [2.24, 2.45) is 5.73 Å². The van der Waals surface area contributed by atoms with Gasteiger partial charge in [-0.2, -0.15) is 0 Å². The lowest BCUT2D eigenvalue weighted by Crippen LogP contribution is -2.20. The molecule has 1 saturated carbocycles. The summed E-state index contributed by atoms with van der Waals surface area (Å²) in [5, 5.41) is 14.0. The van der Waals surface area contributed by atoms with Gasteiger partial charge in [0.05, 0.1) is 23.6 Å². The van der Waals surface area contributed by atoms with Crippen molar-refractivity contribution in [3.8, 4) is 17.0 Å². The maximum absolute atomic E-state index is 11.7. The Kier molecular flexibility index (Phi) is 5.10. The normalized spacial score (nSPS) is 14.8. The average molecular weight is 395 g/mol. The Hall–Kier alpha value is -3.13. The van der Waals surface area contributed by atoms with Crippen molar-refractivity contribution in [2.75, 3.05) is 18.5 Å². The van der Waals surface area contributed by atoms with E-state index in [0.29, 0.717) is 24.6 Å². The lowest BCUT2D eigenvalue weighted by molar-refractivity contribution is 0.0855. The van der Waals surface area contributed by atoms with Crippen LogP contribution in [0.1, 0.15) is 48.5 Å². The number of phenols is 1. The van der Waals surface area contributed by atoms with E-state index in [-0.39, 0.29) is 23.3 Å². The Bertz CT molecular complexity index is 1060. The second kappa shape index (κ2) is 7.71. The fourth-order valence-electron chi connectivity index (χ4n) is 3.64. The van der Waals surface area contributed by atoms with Crippen LogP contribution in [0, 0.1) is 0 Å². The van der Waals surface area contributed by atoms with Gasteiger partial charge in [-0.15, -0.1) is 0 Å². The zero-order valence-corrected chi connectivity index (χ0v) is 16.6. The van der Waals surface area contributed by atoms with E-state index in [4.69, 9.17) is 10.5 Å². The van der Waals surface area contributed by atoms with Gasteiger partial charge >= 0.3 is 0 Å². The third-order valence-electron chi connectivity index (χ3n) is 5.18. The molecule has 8 heteroatoms. The number of anilines is 1. The highest BCUT2D eigenvalue weighted by atomic mass is 16.5. The van der Waals surface area contributed by atoms with Crippen LogP contribution in [0.25, 0.3) is 16.9 Å². The van der Waals surface area contributed by atoms with E-state index in [2.05, 4.69) is 15.3 Å². The molecule has 1 atom stereocenters. The van der Waals surface area contributed by atoms with Crippen molar-refractivity contribution in [2.45, 2.75) is 38.7 Å². The standard InChI is InChI=1S/C21H25N5O3/c1-3-29-12(2)10-24-20-21-25-11-16(26(21)9-8-23-20)14-6-7-15(19(22)28)18(27)17(14)13-4-5-13/h6-9,11-13,27H,3-5,10H2,1-2H3,(H2,22,28)(H,23,24). The summed E-state index contributed by atoms with van der Waals surface area (Å²) in [6.45, 7) is 5.23. The minimum atomic E-state index is -0.631. The fourth-order valence-corrected chi connectivity index (χ4v) is 3.64. The number of nitrogens with two attached hydrogens (primary N) is 1. The molecule has 1 aliphatic carbocycles. The lowest BCUT2D eigenvalue weighted by Gasteiger charge is -2.15. The molecule has 4 rings (SSSR count). The number of fused-ring (bicyclic) bond motifs is 1. The van der Waals surface area contributed by atoms with Gasteiger partial charge in [-0.05, 0) is 38.7 Å². The minimum absolute atomic E-state index is 0.0228. The first-order chi connectivity index (χ1) is 14.0. The summed E-state index contributed by atoms with van der Waals surface area (Å²) in [6.07, 6.45) is 7.31. The van der Waals surface area contributed by atoms with Crippen molar-refractivity contribution < 1.29 is 14.6 Å². The van der Waals surface area contributed by atoms with Crippen molar-refractivity contribution in [3.63, 3.8) is 0 Å². The maximum atomic E-state index is 11.7. The number of rotatable bonds is 8. The number of imidazole rings is 1. The zero-order valence-electron chi connectivity index (χ0n) is 16.6. The van der Waals surface area contributed by atoms with Crippen LogP contribution in [0.4, 0.5) is 5.82 Å². The van der Waals surface area contributed by atoms with Crippen LogP contribution in [0.3, 0.4) is 0 Å². The van der Waals surface area contributed by atoms with E-state index in [1.165, 1.54) is 0 Å². The van der Waals surface area contributed by atoms with Crippen LogP contribution >= 0.6 is 0 Å². The number of hydrogen-bond donors (Lipinski definition) is 3. The molecular formula is C21H25N5O3. The number of benzene rings is 1. The first-order valence-corrected chi connectivity index (χ1v) is 9.84. The number of carbonyl (C=O) groups excluding carboxylic acids is 1. The fraction of sp³-hybridized carbons (Fsp3) is 0.381. The molecule has 3 aromatic rings. The van der Waals surface area contributed by atoms with Crippen LogP contribution in [-0.4, -0.2) is 44.6 Å². The predicted molar refractivity (Wildman–Crippen MR) is 110 cm³/mol. The molecule has 2 aromatic heterocycles. The Morgan fingerprint density at radius 3 is 2.90 bits per heavy atom.